The SMILES string of the molecule is O=C(/C=C/c1ccco1)NCCC(=O)N1CCN(C(=O)C(=O)N2CCOCC2)CC1. The molecule has 0 radical (unpaired) electrons. The molecule has 1 aromatic rings. The summed E-state index contributed by atoms with van der Waals surface area (Å²) in [6.07, 6.45) is 4.58. The average molecular weight is 418 g/mol. The molecule has 0 spiro atoms. The minimum atomic E-state index is -0.528. The molecule has 0 aromatic carbocycles. The van der Waals surface area contributed by atoms with Crippen molar-refractivity contribution in [3.05, 3.63) is 30.2 Å². The highest BCUT2D eigenvalue weighted by Crippen LogP contribution is 2.07. The van der Waals surface area contributed by atoms with Crippen molar-refractivity contribution in [2.45, 2.75) is 6.42 Å². The van der Waals surface area contributed by atoms with Crippen molar-refractivity contribution in [1.82, 2.24) is 20.0 Å². The van der Waals surface area contributed by atoms with Crippen molar-refractivity contribution < 1.29 is 28.3 Å². The number of carbonyl (C=O) groups excluding carboxylic acids is 4. The molecule has 0 bridgehead atoms. The molecular weight excluding hydrogens is 392 g/mol. The number of ether oxygens (including phenoxy) is 1. The topological polar surface area (TPSA) is 112 Å². The Balaban J connectivity index is 1.35. The molecule has 3 rings (SSSR count). The third kappa shape index (κ3) is 5.93. The summed E-state index contributed by atoms with van der Waals surface area (Å²) in [7, 11) is 0. The second-order valence-electron chi connectivity index (χ2n) is 6.97. The van der Waals surface area contributed by atoms with Gasteiger partial charge in [0.15, 0.2) is 0 Å². The van der Waals surface area contributed by atoms with Crippen LogP contribution < -0.4 is 5.32 Å². The van der Waals surface area contributed by atoms with E-state index in [2.05, 4.69) is 5.32 Å². The number of morpholine rings is 1. The van der Waals surface area contributed by atoms with Crippen molar-refractivity contribution in [2.75, 3.05) is 59.0 Å². The zero-order valence-electron chi connectivity index (χ0n) is 16.7. The molecule has 2 aliphatic heterocycles. The van der Waals surface area contributed by atoms with Crippen LogP contribution in [0.2, 0.25) is 0 Å². The van der Waals surface area contributed by atoms with Gasteiger partial charge in [-0.05, 0) is 18.2 Å². The van der Waals surface area contributed by atoms with Gasteiger partial charge in [0.25, 0.3) is 0 Å². The van der Waals surface area contributed by atoms with E-state index in [1.807, 2.05) is 0 Å². The second-order valence-corrected chi connectivity index (χ2v) is 6.97. The number of piperazine rings is 1. The van der Waals surface area contributed by atoms with Crippen LogP contribution in [0.25, 0.3) is 6.08 Å². The molecule has 30 heavy (non-hydrogen) atoms. The zero-order valence-corrected chi connectivity index (χ0v) is 16.7. The number of nitrogens with one attached hydrogen (secondary N) is 1. The average Bonchev–Trinajstić information content (AvgIpc) is 3.31. The first-order valence-corrected chi connectivity index (χ1v) is 9.97. The summed E-state index contributed by atoms with van der Waals surface area (Å²) in [5.41, 5.74) is 0. The van der Waals surface area contributed by atoms with E-state index in [-0.39, 0.29) is 24.8 Å². The summed E-state index contributed by atoms with van der Waals surface area (Å²) in [4.78, 5) is 53.4. The van der Waals surface area contributed by atoms with E-state index in [1.54, 1.807) is 23.1 Å². The Morgan fingerprint density at radius 1 is 0.933 bits per heavy atom. The molecule has 2 aliphatic rings. The summed E-state index contributed by atoms with van der Waals surface area (Å²) in [6, 6.07) is 3.45. The van der Waals surface area contributed by atoms with Gasteiger partial charge in [-0.25, -0.2) is 0 Å². The number of amides is 4. The molecule has 1 aromatic heterocycles. The van der Waals surface area contributed by atoms with Crippen LogP contribution in [0, 0.1) is 0 Å². The monoisotopic (exact) mass is 418 g/mol. The van der Waals surface area contributed by atoms with Gasteiger partial charge in [0, 0.05) is 58.3 Å². The lowest BCUT2D eigenvalue weighted by Gasteiger charge is -2.36. The maximum absolute atomic E-state index is 12.4. The maximum atomic E-state index is 12.4. The Labute approximate surface area is 174 Å². The van der Waals surface area contributed by atoms with E-state index in [9.17, 15) is 19.2 Å². The van der Waals surface area contributed by atoms with E-state index >= 15 is 0 Å². The quantitative estimate of drug-likeness (QED) is 0.501. The van der Waals surface area contributed by atoms with Crippen molar-refractivity contribution in [2.24, 2.45) is 0 Å². The third-order valence-corrected chi connectivity index (χ3v) is 4.98. The fourth-order valence-corrected chi connectivity index (χ4v) is 3.25. The second kappa shape index (κ2) is 10.6. The standard InChI is InChI=1S/C20H26N4O6/c25-17(4-3-16-2-1-13-30-16)21-6-5-18(26)22-7-9-23(10-8-22)19(27)20(28)24-11-14-29-15-12-24/h1-4,13H,5-12,14-15H2,(H,21,25)/b4-3+. The van der Waals surface area contributed by atoms with Crippen molar-refractivity contribution in [3.63, 3.8) is 0 Å². The van der Waals surface area contributed by atoms with Crippen LogP contribution in [-0.4, -0.2) is 97.4 Å². The molecular formula is C20H26N4O6. The Bertz CT molecular complexity index is 777. The summed E-state index contributed by atoms with van der Waals surface area (Å²) < 4.78 is 10.3. The highest BCUT2D eigenvalue weighted by molar-refractivity contribution is 6.34. The lowest BCUT2D eigenvalue weighted by atomic mass is 10.2. The van der Waals surface area contributed by atoms with Crippen LogP contribution >= 0.6 is 0 Å². The molecule has 162 valence electrons. The molecule has 0 aliphatic carbocycles. The molecule has 0 saturated carbocycles. The van der Waals surface area contributed by atoms with Crippen LogP contribution in [0.5, 0.6) is 0 Å². The summed E-state index contributed by atoms with van der Waals surface area (Å²) in [6.45, 7) is 3.32. The fourth-order valence-electron chi connectivity index (χ4n) is 3.25. The van der Waals surface area contributed by atoms with Gasteiger partial charge in [-0.1, -0.05) is 0 Å². The van der Waals surface area contributed by atoms with E-state index in [4.69, 9.17) is 9.15 Å². The highest BCUT2D eigenvalue weighted by Gasteiger charge is 2.31. The summed E-state index contributed by atoms with van der Waals surface area (Å²) in [5.74, 6) is -0.878. The molecule has 2 fully saturated rings. The predicted octanol–water partition coefficient (Wildman–Crippen LogP) is -0.671. The smallest absolute Gasteiger partial charge is 0.312 e. The number of hydrogen-bond acceptors (Lipinski definition) is 6. The summed E-state index contributed by atoms with van der Waals surface area (Å²) in [5, 5.41) is 2.65. The van der Waals surface area contributed by atoms with Gasteiger partial charge in [-0.15, -0.1) is 0 Å². The van der Waals surface area contributed by atoms with Crippen LogP contribution in [-0.2, 0) is 23.9 Å². The molecule has 2 saturated heterocycles. The van der Waals surface area contributed by atoms with Gasteiger partial charge < -0.3 is 29.2 Å². The van der Waals surface area contributed by atoms with E-state index in [1.165, 1.54) is 22.1 Å². The van der Waals surface area contributed by atoms with Gasteiger partial charge in [0.1, 0.15) is 5.76 Å². The first-order valence-electron chi connectivity index (χ1n) is 9.97. The number of carbonyl (C=O) groups is 4. The van der Waals surface area contributed by atoms with Gasteiger partial charge in [0.05, 0.1) is 19.5 Å². The molecule has 1 N–H and O–H groups in total. The summed E-state index contributed by atoms with van der Waals surface area (Å²) >= 11 is 0. The van der Waals surface area contributed by atoms with Gasteiger partial charge in [-0.3, -0.25) is 19.2 Å². The number of hydrogen-bond donors (Lipinski definition) is 1. The maximum Gasteiger partial charge on any atom is 0.312 e. The lowest BCUT2D eigenvalue weighted by Crippen LogP contribution is -2.55. The van der Waals surface area contributed by atoms with Crippen LogP contribution in [0.3, 0.4) is 0 Å². The molecule has 4 amide bonds. The van der Waals surface area contributed by atoms with Gasteiger partial charge in [0.2, 0.25) is 11.8 Å². The predicted molar refractivity (Wildman–Crippen MR) is 106 cm³/mol. The van der Waals surface area contributed by atoms with Crippen LogP contribution in [0.1, 0.15) is 12.2 Å². The third-order valence-electron chi connectivity index (χ3n) is 4.98. The largest absolute Gasteiger partial charge is 0.465 e. The number of rotatable bonds is 5. The van der Waals surface area contributed by atoms with E-state index < -0.39 is 11.8 Å². The zero-order chi connectivity index (χ0) is 21.3. The Morgan fingerprint density at radius 2 is 1.57 bits per heavy atom. The van der Waals surface area contributed by atoms with Crippen LogP contribution in [0.4, 0.5) is 0 Å². The van der Waals surface area contributed by atoms with Crippen molar-refractivity contribution in [3.8, 4) is 0 Å². The number of furan rings is 1. The Kier molecular flexibility index (Phi) is 7.61. The first-order chi connectivity index (χ1) is 14.5. The highest BCUT2D eigenvalue weighted by atomic mass is 16.5. The lowest BCUT2D eigenvalue weighted by molar-refractivity contribution is -0.155. The molecule has 0 unspecified atom stereocenters. The normalized spacial score (nSPS) is 17.3. The minimum absolute atomic E-state index is 0.100. The van der Waals surface area contributed by atoms with Crippen molar-refractivity contribution in [1.29, 1.82) is 0 Å². The molecule has 3 heterocycles. The molecule has 10 heteroatoms. The minimum Gasteiger partial charge on any atom is -0.465 e. The van der Waals surface area contributed by atoms with E-state index in [0.29, 0.717) is 58.2 Å². The first kappa shape index (κ1) is 21.6. The van der Waals surface area contributed by atoms with Crippen LogP contribution in [0.15, 0.2) is 28.9 Å². The van der Waals surface area contributed by atoms with Gasteiger partial charge in [-0.2, -0.15) is 0 Å². The Hall–Kier alpha value is -3.14. The number of nitrogens with zero attached hydrogens (tertiary/aromatic N) is 3. The fraction of sp³-hybridized carbons (Fsp3) is 0.500. The molecule has 0 atom stereocenters. The van der Waals surface area contributed by atoms with E-state index in [0.717, 1.165) is 0 Å². The molecule has 10 nitrogen and oxygen atoms in total. The van der Waals surface area contributed by atoms with Crippen molar-refractivity contribution >= 4 is 29.7 Å². The van der Waals surface area contributed by atoms with Gasteiger partial charge >= 0.3 is 11.8 Å². The Morgan fingerprint density at radius 3 is 2.20 bits per heavy atom.